The lowest BCUT2D eigenvalue weighted by Gasteiger charge is -2.26. The summed E-state index contributed by atoms with van der Waals surface area (Å²) in [4.78, 5) is 19.9. The molecule has 0 aliphatic carbocycles. The molecule has 4 nitrogen and oxygen atoms in total. The standard InChI is InChI=1S/C15H16N2O2S/c1-19-9-11-2-4-12(5-3-11)15(18)17-7-6-13-14(8-17)20-10-16-13/h2-5,10H,6-9H2,1H3. The number of carbonyl (C=O) groups is 1. The normalized spacial score (nSPS) is 14.2. The largest absolute Gasteiger partial charge is 0.380 e. The molecule has 0 saturated carbocycles. The van der Waals surface area contributed by atoms with E-state index in [0.717, 1.165) is 29.8 Å². The fourth-order valence-electron chi connectivity index (χ4n) is 2.39. The van der Waals surface area contributed by atoms with Gasteiger partial charge in [0.1, 0.15) is 0 Å². The van der Waals surface area contributed by atoms with Crippen molar-refractivity contribution in [1.29, 1.82) is 0 Å². The number of ether oxygens (including phenoxy) is 1. The van der Waals surface area contributed by atoms with Gasteiger partial charge < -0.3 is 9.64 Å². The molecule has 0 fully saturated rings. The van der Waals surface area contributed by atoms with Crippen molar-refractivity contribution < 1.29 is 9.53 Å². The first-order valence-electron chi connectivity index (χ1n) is 6.56. The summed E-state index contributed by atoms with van der Waals surface area (Å²) < 4.78 is 5.07. The van der Waals surface area contributed by atoms with Crippen molar-refractivity contribution in [1.82, 2.24) is 9.88 Å². The van der Waals surface area contributed by atoms with Gasteiger partial charge in [-0.3, -0.25) is 4.79 Å². The number of aromatic nitrogens is 1. The van der Waals surface area contributed by atoms with E-state index in [9.17, 15) is 4.79 Å². The van der Waals surface area contributed by atoms with Crippen LogP contribution in [0.25, 0.3) is 0 Å². The fraction of sp³-hybridized carbons (Fsp3) is 0.333. The first-order chi connectivity index (χ1) is 9.78. The van der Waals surface area contributed by atoms with E-state index in [1.54, 1.807) is 18.4 Å². The van der Waals surface area contributed by atoms with Crippen molar-refractivity contribution in [3.05, 3.63) is 51.5 Å². The van der Waals surface area contributed by atoms with Crippen molar-refractivity contribution >= 4 is 17.2 Å². The van der Waals surface area contributed by atoms with Crippen LogP contribution < -0.4 is 0 Å². The van der Waals surface area contributed by atoms with Gasteiger partial charge in [-0.15, -0.1) is 11.3 Å². The van der Waals surface area contributed by atoms with Gasteiger partial charge in [-0.25, -0.2) is 4.98 Å². The van der Waals surface area contributed by atoms with E-state index in [0.29, 0.717) is 13.2 Å². The maximum absolute atomic E-state index is 12.5. The zero-order valence-corrected chi connectivity index (χ0v) is 12.2. The third kappa shape index (κ3) is 2.59. The number of hydrogen-bond acceptors (Lipinski definition) is 4. The minimum absolute atomic E-state index is 0.0908. The summed E-state index contributed by atoms with van der Waals surface area (Å²) in [6, 6.07) is 7.63. The third-order valence-corrected chi connectivity index (χ3v) is 4.34. The maximum Gasteiger partial charge on any atom is 0.254 e. The first-order valence-corrected chi connectivity index (χ1v) is 7.44. The molecule has 0 N–H and O–H groups in total. The Kier molecular flexibility index (Phi) is 3.80. The highest BCUT2D eigenvalue weighted by molar-refractivity contribution is 7.09. The highest BCUT2D eigenvalue weighted by Gasteiger charge is 2.23. The van der Waals surface area contributed by atoms with Gasteiger partial charge in [-0.2, -0.15) is 0 Å². The molecule has 1 aromatic heterocycles. The summed E-state index contributed by atoms with van der Waals surface area (Å²) in [6.07, 6.45) is 0.854. The fourth-order valence-corrected chi connectivity index (χ4v) is 3.21. The van der Waals surface area contributed by atoms with Gasteiger partial charge >= 0.3 is 0 Å². The second kappa shape index (κ2) is 5.73. The van der Waals surface area contributed by atoms with Gasteiger partial charge in [0.05, 0.1) is 24.4 Å². The van der Waals surface area contributed by atoms with Crippen LogP contribution in [0.15, 0.2) is 29.8 Å². The van der Waals surface area contributed by atoms with E-state index >= 15 is 0 Å². The monoisotopic (exact) mass is 288 g/mol. The molecule has 0 atom stereocenters. The lowest BCUT2D eigenvalue weighted by molar-refractivity contribution is 0.0736. The van der Waals surface area contributed by atoms with Crippen LogP contribution in [-0.4, -0.2) is 29.4 Å². The molecule has 3 rings (SSSR count). The minimum Gasteiger partial charge on any atom is -0.380 e. The van der Waals surface area contributed by atoms with Crippen LogP contribution in [0.3, 0.4) is 0 Å². The molecule has 5 heteroatoms. The zero-order chi connectivity index (χ0) is 13.9. The van der Waals surface area contributed by atoms with Crippen LogP contribution in [0, 0.1) is 0 Å². The molecule has 0 saturated heterocycles. The van der Waals surface area contributed by atoms with Crippen LogP contribution in [-0.2, 0) is 24.3 Å². The Labute approximate surface area is 122 Å². The zero-order valence-electron chi connectivity index (χ0n) is 11.3. The average Bonchev–Trinajstić information content (AvgIpc) is 2.95. The Morgan fingerprint density at radius 1 is 1.40 bits per heavy atom. The summed E-state index contributed by atoms with van der Waals surface area (Å²) in [6.45, 7) is 2.00. The summed E-state index contributed by atoms with van der Waals surface area (Å²) in [5.41, 5.74) is 4.82. The maximum atomic E-state index is 12.5. The first kappa shape index (κ1) is 13.3. The Bertz CT molecular complexity index is 607. The number of carbonyl (C=O) groups excluding carboxylic acids is 1. The molecule has 1 aliphatic heterocycles. The molecule has 20 heavy (non-hydrogen) atoms. The van der Waals surface area contributed by atoms with Gasteiger partial charge in [0.25, 0.3) is 5.91 Å². The molecule has 104 valence electrons. The molecule has 0 spiro atoms. The highest BCUT2D eigenvalue weighted by atomic mass is 32.1. The lowest BCUT2D eigenvalue weighted by Crippen LogP contribution is -2.35. The lowest BCUT2D eigenvalue weighted by atomic mass is 10.1. The van der Waals surface area contributed by atoms with Crippen LogP contribution in [0.2, 0.25) is 0 Å². The smallest absolute Gasteiger partial charge is 0.254 e. The Balaban J connectivity index is 1.73. The van der Waals surface area contributed by atoms with E-state index in [4.69, 9.17) is 4.74 Å². The Morgan fingerprint density at radius 3 is 2.95 bits per heavy atom. The number of rotatable bonds is 3. The quantitative estimate of drug-likeness (QED) is 0.871. The molecule has 2 aromatic rings. The molecule has 0 unspecified atom stereocenters. The number of fused-ring (bicyclic) bond motifs is 1. The van der Waals surface area contributed by atoms with E-state index in [1.165, 1.54) is 4.88 Å². The summed E-state index contributed by atoms with van der Waals surface area (Å²) in [5, 5.41) is 0. The highest BCUT2D eigenvalue weighted by Crippen LogP contribution is 2.23. The van der Waals surface area contributed by atoms with E-state index < -0.39 is 0 Å². The van der Waals surface area contributed by atoms with E-state index in [1.807, 2.05) is 34.7 Å². The number of methoxy groups -OCH3 is 1. The van der Waals surface area contributed by atoms with Gasteiger partial charge in [0.15, 0.2) is 0 Å². The van der Waals surface area contributed by atoms with Gasteiger partial charge in [-0.1, -0.05) is 12.1 Å². The third-order valence-electron chi connectivity index (χ3n) is 3.48. The van der Waals surface area contributed by atoms with Crippen molar-refractivity contribution in [2.75, 3.05) is 13.7 Å². The summed E-state index contributed by atoms with van der Waals surface area (Å²) in [5.74, 6) is 0.0908. The van der Waals surface area contributed by atoms with Crippen LogP contribution in [0.4, 0.5) is 0 Å². The molecule has 0 bridgehead atoms. The molecular weight excluding hydrogens is 272 g/mol. The average molecular weight is 288 g/mol. The number of benzene rings is 1. The Hall–Kier alpha value is -1.72. The van der Waals surface area contributed by atoms with E-state index in [-0.39, 0.29) is 5.91 Å². The Morgan fingerprint density at radius 2 is 2.20 bits per heavy atom. The van der Waals surface area contributed by atoms with Crippen LogP contribution in [0.5, 0.6) is 0 Å². The molecule has 0 radical (unpaired) electrons. The second-order valence-electron chi connectivity index (χ2n) is 4.83. The van der Waals surface area contributed by atoms with Gasteiger partial charge in [0, 0.05) is 30.5 Å². The van der Waals surface area contributed by atoms with Crippen molar-refractivity contribution in [3.63, 3.8) is 0 Å². The number of thiazole rings is 1. The summed E-state index contributed by atoms with van der Waals surface area (Å²) >= 11 is 1.63. The predicted molar refractivity (Wildman–Crippen MR) is 77.7 cm³/mol. The molecular formula is C15H16N2O2S. The van der Waals surface area contributed by atoms with Crippen molar-refractivity contribution in [2.24, 2.45) is 0 Å². The second-order valence-corrected chi connectivity index (χ2v) is 5.77. The molecule has 1 aliphatic rings. The number of nitrogens with zero attached hydrogens (tertiary/aromatic N) is 2. The van der Waals surface area contributed by atoms with Crippen LogP contribution in [0.1, 0.15) is 26.5 Å². The van der Waals surface area contributed by atoms with Crippen molar-refractivity contribution in [2.45, 2.75) is 19.6 Å². The van der Waals surface area contributed by atoms with E-state index in [2.05, 4.69) is 4.98 Å². The molecule has 1 aromatic carbocycles. The SMILES string of the molecule is COCc1ccc(C(=O)N2CCc3ncsc3C2)cc1. The number of hydrogen-bond donors (Lipinski definition) is 0. The van der Waals surface area contributed by atoms with Gasteiger partial charge in [-0.05, 0) is 17.7 Å². The van der Waals surface area contributed by atoms with Crippen molar-refractivity contribution in [3.8, 4) is 0 Å². The molecule has 1 amide bonds. The predicted octanol–water partition coefficient (Wildman–Crippen LogP) is 2.49. The summed E-state index contributed by atoms with van der Waals surface area (Å²) in [7, 11) is 1.67. The molecule has 2 heterocycles. The topological polar surface area (TPSA) is 42.4 Å². The number of amides is 1. The minimum atomic E-state index is 0.0908. The van der Waals surface area contributed by atoms with Crippen LogP contribution >= 0.6 is 11.3 Å². The van der Waals surface area contributed by atoms with Gasteiger partial charge in [0.2, 0.25) is 0 Å².